The molecule has 0 fully saturated rings. The van der Waals surface area contributed by atoms with E-state index in [2.05, 4.69) is 5.32 Å². The summed E-state index contributed by atoms with van der Waals surface area (Å²) in [5.41, 5.74) is 0.851. The number of benzene rings is 1. The molecule has 0 saturated heterocycles. The number of ether oxygens (including phenoxy) is 2. The molecule has 0 saturated carbocycles. The van der Waals surface area contributed by atoms with Crippen molar-refractivity contribution in [3.63, 3.8) is 0 Å². The van der Waals surface area contributed by atoms with Crippen LogP contribution in [0.4, 0.5) is 4.79 Å². The number of nitrogens with one attached hydrogen (secondary N) is 1. The molecule has 1 N–H and O–H groups in total. The Bertz CT molecular complexity index is 386. The number of methoxy groups -OCH3 is 1. The van der Waals surface area contributed by atoms with E-state index in [9.17, 15) is 9.59 Å². The molecule has 1 aromatic carbocycles. The van der Waals surface area contributed by atoms with Crippen molar-refractivity contribution in [3.05, 3.63) is 29.8 Å². The zero-order valence-corrected chi connectivity index (χ0v) is 9.86. The lowest BCUT2D eigenvalue weighted by Gasteiger charge is -2.06. The fraction of sp³-hybridized carbons (Fsp3) is 0.333. The third kappa shape index (κ3) is 5.01. The quantitative estimate of drug-likeness (QED) is 0.843. The minimum atomic E-state index is -0.601. The van der Waals surface area contributed by atoms with Crippen molar-refractivity contribution in [1.82, 2.24) is 5.32 Å². The van der Waals surface area contributed by atoms with Crippen molar-refractivity contribution < 1.29 is 19.1 Å². The smallest absolute Gasteiger partial charge is 0.407 e. The Morgan fingerprint density at radius 1 is 1.24 bits per heavy atom. The van der Waals surface area contributed by atoms with E-state index in [4.69, 9.17) is 9.47 Å². The summed E-state index contributed by atoms with van der Waals surface area (Å²) in [6, 6.07) is 7.17. The molecular weight excluding hydrogens is 222 g/mol. The Labute approximate surface area is 99.7 Å². The van der Waals surface area contributed by atoms with Crippen molar-refractivity contribution in [2.24, 2.45) is 0 Å². The first kappa shape index (κ1) is 13.0. The third-order valence-electron chi connectivity index (χ3n) is 2.01. The lowest BCUT2D eigenvalue weighted by molar-refractivity contribution is -0.116. The Morgan fingerprint density at radius 3 is 2.41 bits per heavy atom. The van der Waals surface area contributed by atoms with Crippen molar-refractivity contribution in [2.45, 2.75) is 13.5 Å². The fourth-order valence-electron chi connectivity index (χ4n) is 1.12. The normalized spacial score (nSPS) is 9.53. The molecule has 1 rings (SSSR count). The van der Waals surface area contributed by atoms with Crippen LogP contribution in [0.2, 0.25) is 0 Å². The number of alkyl carbamates (subject to hydrolysis) is 1. The number of rotatable bonds is 5. The Hall–Kier alpha value is -2.04. The van der Waals surface area contributed by atoms with Crippen LogP contribution < -0.4 is 10.1 Å². The van der Waals surface area contributed by atoms with Gasteiger partial charge in [0, 0.05) is 0 Å². The van der Waals surface area contributed by atoms with Gasteiger partial charge in [-0.2, -0.15) is 0 Å². The van der Waals surface area contributed by atoms with Crippen LogP contribution in [0.5, 0.6) is 5.75 Å². The highest BCUT2D eigenvalue weighted by Crippen LogP contribution is 2.11. The van der Waals surface area contributed by atoms with E-state index >= 15 is 0 Å². The van der Waals surface area contributed by atoms with Gasteiger partial charge in [0.1, 0.15) is 18.1 Å². The summed E-state index contributed by atoms with van der Waals surface area (Å²) in [5, 5.41) is 2.34. The predicted octanol–water partition coefficient (Wildman–Crippen LogP) is 1.51. The van der Waals surface area contributed by atoms with E-state index < -0.39 is 6.09 Å². The van der Waals surface area contributed by atoms with Gasteiger partial charge in [0.15, 0.2) is 0 Å². The number of ketones is 1. The zero-order valence-electron chi connectivity index (χ0n) is 9.86. The number of carbonyl (C=O) groups excluding carboxylic acids is 2. The van der Waals surface area contributed by atoms with Crippen LogP contribution >= 0.6 is 0 Å². The molecule has 0 aromatic heterocycles. The molecule has 0 radical (unpaired) electrons. The van der Waals surface area contributed by atoms with Crippen LogP contribution in [0.3, 0.4) is 0 Å². The summed E-state index contributed by atoms with van der Waals surface area (Å²) < 4.78 is 9.91. The summed E-state index contributed by atoms with van der Waals surface area (Å²) >= 11 is 0. The van der Waals surface area contributed by atoms with E-state index in [1.165, 1.54) is 6.92 Å². The van der Waals surface area contributed by atoms with Gasteiger partial charge < -0.3 is 14.8 Å². The summed E-state index contributed by atoms with van der Waals surface area (Å²) in [5.74, 6) is 0.626. The number of Topliss-reactive ketones (excluding diaryl/α,β-unsaturated/α-hetero) is 1. The molecule has 0 atom stereocenters. The van der Waals surface area contributed by atoms with Crippen molar-refractivity contribution in [3.8, 4) is 5.75 Å². The van der Waals surface area contributed by atoms with Crippen LogP contribution in [0.25, 0.3) is 0 Å². The number of hydrogen-bond acceptors (Lipinski definition) is 4. The lowest BCUT2D eigenvalue weighted by atomic mass is 10.2. The second kappa shape index (κ2) is 6.52. The molecule has 5 nitrogen and oxygen atoms in total. The second-order valence-electron chi connectivity index (χ2n) is 3.48. The van der Waals surface area contributed by atoms with Gasteiger partial charge >= 0.3 is 6.09 Å². The molecule has 0 spiro atoms. The molecule has 0 aliphatic heterocycles. The Balaban J connectivity index is 2.34. The first-order chi connectivity index (χ1) is 8.11. The largest absolute Gasteiger partial charge is 0.497 e. The molecule has 0 heterocycles. The molecule has 17 heavy (non-hydrogen) atoms. The fourth-order valence-corrected chi connectivity index (χ4v) is 1.12. The summed E-state index contributed by atoms with van der Waals surface area (Å²) in [7, 11) is 1.58. The van der Waals surface area contributed by atoms with E-state index in [0.29, 0.717) is 0 Å². The highest BCUT2D eigenvalue weighted by Gasteiger charge is 2.03. The minimum Gasteiger partial charge on any atom is -0.497 e. The standard InChI is InChI=1S/C12H15NO4/c1-9(14)7-13-12(15)17-8-10-3-5-11(16-2)6-4-10/h3-6H,7-8H2,1-2H3,(H,13,15). The third-order valence-corrected chi connectivity index (χ3v) is 2.01. The van der Waals surface area contributed by atoms with E-state index in [0.717, 1.165) is 11.3 Å². The topological polar surface area (TPSA) is 64.6 Å². The molecule has 5 heteroatoms. The average Bonchev–Trinajstić information content (AvgIpc) is 2.34. The van der Waals surface area contributed by atoms with Crippen molar-refractivity contribution >= 4 is 11.9 Å². The number of carbonyl (C=O) groups is 2. The van der Waals surface area contributed by atoms with Crippen molar-refractivity contribution in [1.29, 1.82) is 0 Å². The van der Waals surface area contributed by atoms with Gasteiger partial charge in [-0.1, -0.05) is 12.1 Å². The van der Waals surface area contributed by atoms with Crippen LogP contribution in [0.15, 0.2) is 24.3 Å². The molecule has 1 amide bonds. The summed E-state index contributed by atoms with van der Waals surface area (Å²) in [6.07, 6.45) is -0.601. The van der Waals surface area contributed by atoms with Gasteiger partial charge in [-0.05, 0) is 24.6 Å². The van der Waals surface area contributed by atoms with Gasteiger partial charge in [0.25, 0.3) is 0 Å². The molecule has 0 aliphatic carbocycles. The average molecular weight is 237 g/mol. The van der Waals surface area contributed by atoms with Crippen molar-refractivity contribution in [2.75, 3.05) is 13.7 Å². The molecule has 0 unspecified atom stereocenters. The van der Waals surface area contributed by atoms with Crippen LogP contribution in [-0.4, -0.2) is 25.5 Å². The summed E-state index contributed by atoms with van der Waals surface area (Å²) in [6.45, 7) is 1.54. The van der Waals surface area contributed by atoms with E-state index in [-0.39, 0.29) is 18.9 Å². The molecule has 0 bridgehead atoms. The molecular formula is C12H15NO4. The van der Waals surface area contributed by atoms with Gasteiger partial charge in [-0.15, -0.1) is 0 Å². The summed E-state index contributed by atoms with van der Waals surface area (Å²) in [4.78, 5) is 21.7. The van der Waals surface area contributed by atoms with E-state index in [1.54, 1.807) is 31.4 Å². The van der Waals surface area contributed by atoms with Gasteiger partial charge in [0.2, 0.25) is 0 Å². The maximum Gasteiger partial charge on any atom is 0.407 e. The first-order valence-corrected chi connectivity index (χ1v) is 5.15. The number of amides is 1. The predicted molar refractivity (Wildman–Crippen MR) is 61.9 cm³/mol. The highest BCUT2D eigenvalue weighted by atomic mass is 16.5. The zero-order chi connectivity index (χ0) is 12.7. The molecule has 92 valence electrons. The SMILES string of the molecule is COc1ccc(COC(=O)NCC(C)=O)cc1. The van der Waals surface area contributed by atoms with Gasteiger partial charge in [0.05, 0.1) is 13.7 Å². The van der Waals surface area contributed by atoms with Gasteiger partial charge in [-0.25, -0.2) is 4.79 Å². The maximum absolute atomic E-state index is 11.1. The van der Waals surface area contributed by atoms with Crippen LogP contribution in [-0.2, 0) is 16.1 Å². The maximum atomic E-state index is 11.1. The van der Waals surface area contributed by atoms with E-state index in [1.807, 2.05) is 0 Å². The Kier molecular flexibility index (Phi) is 5.00. The van der Waals surface area contributed by atoms with Gasteiger partial charge in [-0.3, -0.25) is 4.79 Å². The highest BCUT2D eigenvalue weighted by molar-refractivity contribution is 5.81. The molecule has 1 aromatic rings. The minimum absolute atomic E-state index is 0.0125. The lowest BCUT2D eigenvalue weighted by Crippen LogP contribution is -2.28. The van der Waals surface area contributed by atoms with Crippen LogP contribution in [0, 0.1) is 0 Å². The number of hydrogen-bond donors (Lipinski definition) is 1. The van der Waals surface area contributed by atoms with Crippen LogP contribution in [0.1, 0.15) is 12.5 Å². The molecule has 0 aliphatic rings. The monoisotopic (exact) mass is 237 g/mol. The Morgan fingerprint density at radius 2 is 1.88 bits per heavy atom. The second-order valence-corrected chi connectivity index (χ2v) is 3.48. The first-order valence-electron chi connectivity index (χ1n) is 5.15.